The highest BCUT2D eigenvalue weighted by Gasteiger charge is 2.18. The molecule has 1 aliphatic heterocycles. The molecule has 3 aromatic heterocycles. The van der Waals surface area contributed by atoms with Crippen molar-refractivity contribution < 1.29 is 0 Å². The smallest absolute Gasteiger partial charge is 0.225 e. The molecule has 0 atom stereocenters. The minimum Gasteiger partial charge on any atom is -0.353 e. The lowest BCUT2D eigenvalue weighted by Gasteiger charge is -2.22. The number of fused-ring (bicyclic) bond motifs is 1. The van der Waals surface area contributed by atoms with E-state index in [-0.39, 0.29) is 0 Å². The summed E-state index contributed by atoms with van der Waals surface area (Å²) in [6.07, 6.45) is 4.60. The summed E-state index contributed by atoms with van der Waals surface area (Å²) in [6, 6.07) is 3.97. The molecule has 0 radical (unpaired) electrons. The lowest BCUT2D eigenvalue weighted by atomic mass is 10.3. The fourth-order valence-corrected chi connectivity index (χ4v) is 3.08. The van der Waals surface area contributed by atoms with Crippen LogP contribution in [-0.4, -0.2) is 56.0 Å². The first-order valence-electron chi connectivity index (χ1n) is 7.87. The highest BCUT2D eigenvalue weighted by Crippen LogP contribution is 2.17. The van der Waals surface area contributed by atoms with Crippen LogP contribution in [0, 0.1) is 6.92 Å². The second kappa shape index (κ2) is 6.31. The average Bonchev–Trinajstić information content (AvgIpc) is 2.82. The van der Waals surface area contributed by atoms with Crippen LogP contribution in [0.25, 0.3) is 5.65 Å². The summed E-state index contributed by atoms with van der Waals surface area (Å²) < 4.78 is 2.68. The van der Waals surface area contributed by atoms with Gasteiger partial charge in [-0.25, -0.2) is 9.97 Å². The Labute approximate surface area is 147 Å². The molecular weight excluding hydrogens is 372 g/mol. The Balaban J connectivity index is 1.53. The van der Waals surface area contributed by atoms with Gasteiger partial charge >= 0.3 is 0 Å². The van der Waals surface area contributed by atoms with E-state index in [1.165, 1.54) is 0 Å². The molecule has 0 saturated carbocycles. The Morgan fingerprint density at radius 1 is 0.958 bits per heavy atom. The predicted octanol–water partition coefficient (Wildman–Crippen LogP) is 1.70. The summed E-state index contributed by atoms with van der Waals surface area (Å²) in [5.41, 5.74) is 0.774. The number of nitrogens with zero attached hydrogens (tertiary/aromatic N) is 8. The molecule has 4 rings (SSSR count). The second-order valence-electron chi connectivity index (χ2n) is 5.74. The minimum atomic E-state index is 0.774. The number of anilines is 2. The van der Waals surface area contributed by atoms with Crippen LogP contribution >= 0.6 is 15.9 Å². The predicted molar refractivity (Wildman–Crippen MR) is 94.3 cm³/mol. The molecule has 0 aromatic carbocycles. The van der Waals surface area contributed by atoms with Crippen molar-refractivity contribution in [3.8, 4) is 0 Å². The molecule has 0 amide bonds. The Bertz CT molecular complexity index is 846. The highest BCUT2D eigenvalue weighted by atomic mass is 79.9. The SMILES string of the molecule is Cc1nnc2ccc(N3CCCN(c4ncc(Br)cn4)CC3)nn12. The molecular formula is C15H17BrN8. The molecule has 9 heteroatoms. The van der Waals surface area contributed by atoms with Gasteiger partial charge in [0.2, 0.25) is 5.95 Å². The van der Waals surface area contributed by atoms with Gasteiger partial charge in [0, 0.05) is 38.6 Å². The first kappa shape index (κ1) is 15.3. The fourth-order valence-electron chi connectivity index (χ4n) is 2.87. The highest BCUT2D eigenvalue weighted by molar-refractivity contribution is 9.10. The van der Waals surface area contributed by atoms with E-state index in [4.69, 9.17) is 0 Å². The molecule has 1 saturated heterocycles. The summed E-state index contributed by atoms with van der Waals surface area (Å²) in [6.45, 7) is 5.53. The van der Waals surface area contributed by atoms with Crippen LogP contribution in [0.4, 0.5) is 11.8 Å². The van der Waals surface area contributed by atoms with Crippen molar-refractivity contribution in [2.75, 3.05) is 36.0 Å². The van der Waals surface area contributed by atoms with E-state index in [1.807, 2.05) is 19.1 Å². The van der Waals surface area contributed by atoms with E-state index < -0.39 is 0 Å². The van der Waals surface area contributed by atoms with Gasteiger partial charge in [0.05, 0.1) is 4.47 Å². The van der Waals surface area contributed by atoms with Gasteiger partial charge in [-0.1, -0.05) is 0 Å². The molecule has 0 unspecified atom stereocenters. The fraction of sp³-hybridized carbons (Fsp3) is 0.400. The van der Waals surface area contributed by atoms with Crippen LogP contribution in [-0.2, 0) is 0 Å². The van der Waals surface area contributed by atoms with Gasteiger partial charge in [-0.2, -0.15) is 4.52 Å². The number of rotatable bonds is 2. The Morgan fingerprint density at radius 3 is 2.54 bits per heavy atom. The summed E-state index contributed by atoms with van der Waals surface area (Å²) in [5, 5.41) is 12.8. The zero-order valence-corrected chi connectivity index (χ0v) is 14.9. The largest absolute Gasteiger partial charge is 0.353 e. The third kappa shape index (κ3) is 2.91. The molecule has 124 valence electrons. The second-order valence-corrected chi connectivity index (χ2v) is 6.65. The van der Waals surface area contributed by atoms with Crippen LogP contribution in [0.2, 0.25) is 0 Å². The third-order valence-corrected chi connectivity index (χ3v) is 4.52. The topological polar surface area (TPSA) is 75.3 Å². The zero-order chi connectivity index (χ0) is 16.5. The first-order valence-corrected chi connectivity index (χ1v) is 8.66. The van der Waals surface area contributed by atoms with Crippen molar-refractivity contribution in [3.05, 3.63) is 34.8 Å². The molecule has 0 spiro atoms. The van der Waals surface area contributed by atoms with E-state index >= 15 is 0 Å². The number of aryl methyl sites for hydroxylation is 1. The van der Waals surface area contributed by atoms with Gasteiger partial charge < -0.3 is 9.80 Å². The van der Waals surface area contributed by atoms with Crippen LogP contribution in [0.1, 0.15) is 12.2 Å². The van der Waals surface area contributed by atoms with Gasteiger partial charge in [-0.15, -0.1) is 15.3 Å². The standard InChI is InChI=1S/C15H17BrN8/c1-11-19-20-13-3-4-14(21-24(11)13)22-5-2-6-23(8-7-22)15-17-9-12(16)10-18-15/h3-4,9-10H,2,5-8H2,1H3. The summed E-state index contributed by atoms with van der Waals surface area (Å²) >= 11 is 3.37. The molecule has 4 heterocycles. The summed E-state index contributed by atoms with van der Waals surface area (Å²) in [7, 11) is 0. The molecule has 1 fully saturated rings. The van der Waals surface area contributed by atoms with Gasteiger partial charge in [0.15, 0.2) is 11.5 Å². The first-order chi connectivity index (χ1) is 11.7. The van der Waals surface area contributed by atoms with E-state index in [1.54, 1.807) is 16.9 Å². The Kier molecular flexibility index (Phi) is 4.01. The number of aromatic nitrogens is 6. The van der Waals surface area contributed by atoms with Crippen molar-refractivity contribution in [2.45, 2.75) is 13.3 Å². The zero-order valence-electron chi connectivity index (χ0n) is 13.3. The minimum absolute atomic E-state index is 0.774. The molecule has 3 aromatic rings. The third-order valence-electron chi connectivity index (χ3n) is 4.11. The lowest BCUT2D eigenvalue weighted by molar-refractivity contribution is 0.768. The molecule has 0 aliphatic carbocycles. The maximum absolute atomic E-state index is 4.67. The van der Waals surface area contributed by atoms with Crippen LogP contribution in [0.3, 0.4) is 0 Å². The lowest BCUT2D eigenvalue weighted by Crippen LogP contribution is -2.32. The molecule has 1 aliphatic rings. The molecule has 24 heavy (non-hydrogen) atoms. The van der Waals surface area contributed by atoms with Gasteiger partial charge in [-0.05, 0) is 41.4 Å². The number of hydrogen-bond acceptors (Lipinski definition) is 7. The van der Waals surface area contributed by atoms with Crippen molar-refractivity contribution in [2.24, 2.45) is 0 Å². The summed E-state index contributed by atoms with van der Waals surface area (Å²) in [4.78, 5) is 13.3. The van der Waals surface area contributed by atoms with Gasteiger partial charge in [-0.3, -0.25) is 0 Å². The quantitative estimate of drug-likeness (QED) is 0.661. The van der Waals surface area contributed by atoms with E-state index in [0.29, 0.717) is 0 Å². The van der Waals surface area contributed by atoms with E-state index in [9.17, 15) is 0 Å². The summed E-state index contributed by atoms with van der Waals surface area (Å²) in [5.74, 6) is 2.52. The normalized spacial score (nSPS) is 15.8. The van der Waals surface area contributed by atoms with Crippen LogP contribution in [0.5, 0.6) is 0 Å². The number of halogens is 1. The molecule has 0 bridgehead atoms. The van der Waals surface area contributed by atoms with Crippen molar-refractivity contribution in [3.63, 3.8) is 0 Å². The molecule has 0 N–H and O–H groups in total. The maximum Gasteiger partial charge on any atom is 0.225 e. The van der Waals surface area contributed by atoms with E-state index in [2.05, 4.69) is 51.0 Å². The van der Waals surface area contributed by atoms with Gasteiger partial charge in [0.1, 0.15) is 5.82 Å². The maximum atomic E-state index is 4.67. The van der Waals surface area contributed by atoms with Crippen LogP contribution < -0.4 is 9.80 Å². The monoisotopic (exact) mass is 388 g/mol. The van der Waals surface area contributed by atoms with E-state index in [0.717, 1.165) is 60.3 Å². The van der Waals surface area contributed by atoms with Crippen molar-refractivity contribution in [1.29, 1.82) is 0 Å². The van der Waals surface area contributed by atoms with Gasteiger partial charge in [0.25, 0.3) is 0 Å². The average molecular weight is 389 g/mol. The van der Waals surface area contributed by atoms with Crippen molar-refractivity contribution in [1.82, 2.24) is 29.8 Å². The Hall–Kier alpha value is -2.29. The van der Waals surface area contributed by atoms with Crippen LogP contribution in [0.15, 0.2) is 29.0 Å². The molecule has 8 nitrogen and oxygen atoms in total. The number of hydrogen-bond donors (Lipinski definition) is 0. The Morgan fingerprint density at radius 2 is 1.71 bits per heavy atom. The van der Waals surface area contributed by atoms with Crippen molar-refractivity contribution >= 4 is 33.3 Å².